The van der Waals surface area contributed by atoms with E-state index in [1.807, 2.05) is 41.4 Å². The number of methoxy groups -OCH3 is 1. The van der Waals surface area contributed by atoms with Crippen LogP contribution < -0.4 is 5.32 Å². The number of halogens is 1. The number of hydrogen-bond acceptors (Lipinski definition) is 3. The molecule has 4 nitrogen and oxygen atoms in total. The summed E-state index contributed by atoms with van der Waals surface area (Å²) in [5, 5.41) is 4.05. The highest BCUT2D eigenvalue weighted by molar-refractivity contribution is 6.31. The van der Waals surface area contributed by atoms with Crippen molar-refractivity contribution in [2.75, 3.05) is 20.3 Å². The zero-order valence-electron chi connectivity index (χ0n) is 11.0. The van der Waals surface area contributed by atoms with Gasteiger partial charge in [0.05, 0.1) is 18.6 Å². The van der Waals surface area contributed by atoms with Gasteiger partial charge in [-0.05, 0) is 11.6 Å². The minimum Gasteiger partial charge on any atom is -0.383 e. The molecule has 0 amide bonds. The fourth-order valence-corrected chi connectivity index (χ4v) is 1.99. The lowest BCUT2D eigenvalue weighted by Gasteiger charge is -2.04. The summed E-state index contributed by atoms with van der Waals surface area (Å²) in [5.74, 6) is 0. The fourth-order valence-electron chi connectivity index (χ4n) is 1.80. The highest BCUT2D eigenvalue weighted by atomic mass is 35.5. The quantitative estimate of drug-likeness (QED) is 0.791. The molecule has 0 unspecified atom stereocenters. The second-order valence-electron chi connectivity index (χ2n) is 4.30. The van der Waals surface area contributed by atoms with E-state index in [2.05, 4.69) is 10.3 Å². The molecule has 5 heteroatoms. The highest BCUT2D eigenvalue weighted by Crippen LogP contribution is 2.16. The number of benzene rings is 1. The predicted molar refractivity (Wildman–Crippen MR) is 76.4 cm³/mol. The minimum atomic E-state index is 0.709. The molecule has 0 atom stereocenters. The Labute approximate surface area is 118 Å². The van der Waals surface area contributed by atoms with E-state index in [0.29, 0.717) is 6.61 Å². The van der Waals surface area contributed by atoms with E-state index in [4.69, 9.17) is 16.3 Å². The Morgan fingerprint density at radius 1 is 1.37 bits per heavy atom. The van der Waals surface area contributed by atoms with Gasteiger partial charge in [0.15, 0.2) is 0 Å². The van der Waals surface area contributed by atoms with Crippen molar-refractivity contribution >= 4 is 11.6 Å². The van der Waals surface area contributed by atoms with Crippen LogP contribution >= 0.6 is 11.6 Å². The molecule has 1 N–H and O–H groups in total. The third-order valence-electron chi connectivity index (χ3n) is 2.79. The second-order valence-corrected chi connectivity index (χ2v) is 4.71. The first-order valence-corrected chi connectivity index (χ1v) is 6.61. The van der Waals surface area contributed by atoms with E-state index in [1.54, 1.807) is 7.11 Å². The Morgan fingerprint density at radius 2 is 2.21 bits per heavy atom. The SMILES string of the molecule is COCCNCc1cn(Cc2ccccc2Cl)cn1. The van der Waals surface area contributed by atoms with Crippen LogP contribution in [0.2, 0.25) is 5.02 Å². The van der Waals surface area contributed by atoms with Crippen LogP contribution in [0.1, 0.15) is 11.3 Å². The molecule has 0 aliphatic rings. The molecule has 2 aromatic rings. The van der Waals surface area contributed by atoms with Gasteiger partial charge >= 0.3 is 0 Å². The topological polar surface area (TPSA) is 39.1 Å². The van der Waals surface area contributed by atoms with E-state index in [9.17, 15) is 0 Å². The molecule has 0 bridgehead atoms. The number of ether oxygens (including phenoxy) is 1. The number of aromatic nitrogens is 2. The predicted octanol–water partition coefficient (Wildman–Crippen LogP) is 2.32. The third kappa shape index (κ3) is 4.35. The summed E-state index contributed by atoms with van der Waals surface area (Å²) in [7, 11) is 1.69. The normalized spacial score (nSPS) is 10.8. The van der Waals surface area contributed by atoms with Gasteiger partial charge in [0.1, 0.15) is 0 Å². The number of nitrogens with zero attached hydrogens (tertiary/aromatic N) is 2. The van der Waals surface area contributed by atoms with Crippen LogP contribution in [0.5, 0.6) is 0 Å². The molecule has 2 rings (SSSR count). The van der Waals surface area contributed by atoms with E-state index in [1.165, 1.54) is 0 Å². The Kier molecular flexibility index (Phi) is 5.39. The Morgan fingerprint density at radius 3 is 3.00 bits per heavy atom. The van der Waals surface area contributed by atoms with Crippen molar-refractivity contribution in [3.05, 3.63) is 53.1 Å². The second kappa shape index (κ2) is 7.28. The Bertz CT molecular complexity index is 513. The van der Waals surface area contributed by atoms with Crippen LogP contribution in [0.4, 0.5) is 0 Å². The van der Waals surface area contributed by atoms with Crippen molar-refractivity contribution < 1.29 is 4.74 Å². The lowest BCUT2D eigenvalue weighted by molar-refractivity contribution is 0.199. The van der Waals surface area contributed by atoms with Gasteiger partial charge in [0.2, 0.25) is 0 Å². The number of nitrogens with one attached hydrogen (secondary N) is 1. The first-order chi connectivity index (χ1) is 9.29. The van der Waals surface area contributed by atoms with Crippen molar-refractivity contribution in [1.29, 1.82) is 0 Å². The number of imidazole rings is 1. The van der Waals surface area contributed by atoms with Crippen LogP contribution in [0, 0.1) is 0 Å². The summed E-state index contributed by atoms with van der Waals surface area (Å²) >= 11 is 6.14. The van der Waals surface area contributed by atoms with Crippen LogP contribution in [-0.2, 0) is 17.8 Å². The van der Waals surface area contributed by atoms with E-state index in [0.717, 1.165) is 35.9 Å². The molecule has 19 heavy (non-hydrogen) atoms. The minimum absolute atomic E-state index is 0.709. The van der Waals surface area contributed by atoms with Gasteiger partial charge < -0.3 is 14.6 Å². The Hall–Kier alpha value is -1.36. The summed E-state index contributed by atoms with van der Waals surface area (Å²) in [6, 6.07) is 7.86. The molecule has 0 spiro atoms. The van der Waals surface area contributed by atoms with Crippen LogP contribution in [0.25, 0.3) is 0 Å². The fraction of sp³-hybridized carbons (Fsp3) is 0.357. The average molecular weight is 280 g/mol. The first kappa shape index (κ1) is 14.1. The van der Waals surface area contributed by atoms with Gasteiger partial charge in [-0.3, -0.25) is 0 Å². The van der Waals surface area contributed by atoms with E-state index >= 15 is 0 Å². The molecule has 102 valence electrons. The molecule has 0 radical (unpaired) electrons. The molecular formula is C14H18ClN3O. The number of rotatable bonds is 7. The van der Waals surface area contributed by atoms with Crippen molar-refractivity contribution in [1.82, 2.24) is 14.9 Å². The van der Waals surface area contributed by atoms with Crippen molar-refractivity contribution in [3.63, 3.8) is 0 Å². The Balaban J connectivity index is 1.89. The lowest BCUT2D eigenvalue weighted by atomic mass is 10.2. The molecule has 1 aromatic carbocycles. The number of hydrogen-bond donors (Lipinski definition) is 1. The smallest absolute Gasteiger partial charge is 0.0953 e. The van der Waals surface area contributed by atoms with Gasteiger partial charge in [-0.1, -0.05) is 29.8 Å². The van der Waals surface area contributed by atoms with Crippen LogP contribution in [0.3, 0.4) is 0 Å². The zero-order chi connectivity index (χ0) is 13.5. The first-order valence-electron chi connectivity index (χ1n) is 6.23. The molecule has 1 aromatic heterocycles. The van der Waals surface area contributed by atoms with Gasteiger partial charge in [-0.2, -0.15) is 0 Å². The average Bonchev–Trinajstić information content (AvgIpc) is 2.85. The summed E-state index contributed by atoms with van der Waals surface area (Å²) < 4.78 is 7.01. The molecule has 0 saturated heterocycles. The molecular weight excluding hydrogens is 262 g/mol. The summed E-state index contributed by atoms with van der Waals surface area (Å²) in [6.07, 6.45) is 3.86. The van der Waals surface area contributed by atoms with Crippen molar-refractivity contribution in [3.8, 4) is 0 Å². The summed E-state index contributed by atoms with van der Waals surface area (Å²) in [4.78, 5) is 4.36. The third-order valence-corrected chi connectivity index (χ3v) is 3.16. The maximum absolute atomic E-state index is 6.14. The van der Waals surface area contributed by atoms with Gasteiger partial charge in [0, 0.05) is 38.0 Å². The molecule has 0 aliphatic heterocycles. The lowest BCUT2D eigenvalue weighted by Crippen LogP contribution is -2.18. The summed E-state index contributed by atoms with van der Waals surface area (Å²) in [6.45, 7) is 3.03. The molecule has 0 fully saturated rings. The van der Waals surface area contributed by atoms with E-state index < -0.39 is 0 Å². The molecule has 1 heterocycles. The van der Waals surface area contributed by atoms with Crippen molar-refractivity contribution in [2.45, 2.75) is 13.1 Å². The maximum atomic E-state index is 6.14. The van der Waals surface area contributed by atoms with Gasteiger partial charge in [-0.25, -0.2) is 4.98 Å². The van der Waals surface area contributed by atoms with Gasteiger partial charge in [0.25, 0.3) is 0 Å². The monoisotopic (exact) mass is 279 g/mol. The van der Waals surface area contributed by atoms with Gasteiger partial charge in [-0.15, -0.1) is 0 Å². The molecule has 0 aliphatic carbocycles. The largest absolute Gasteiger partial charge is 0.383 e. The van der Waals surface area contributed by atoms with E-state index in [-0.39, 0.29) is 0 Å². The van der Waals surface area contributed by atoms with Crippen molar-refractivity contribution in [2.24, 2.45) is 0 Å². The maximum Gasteiger partial charge on any atom is 0.0953 e. The summed E-state index contributed by atoms with van der Waals surface area (Å²) in [5.41, 5.74) is 2.11. The van der Waals surface area contributed by atoms with Crippen LogP contribution in [0.15, 0.2) is 36.8 Å². The standard InChI is InChI=1S/C14H18ClN3O/c1-19-7-6-16-8-13-10-18(11-17-13)9-12-4-2-3-5-14(12)15/h2-5,10-11,16H,6-9H2,1H3. The zero-order valence-corrected chi connectivity index (χ0v) is 11.7. The highest BCUT2D eigenvalue weighted by Gasteiger charge is 2.02. The molecule has 0 saturated carbocycles. The van der Waals surface area contributed by atoms with Crippen LogP contribution in [-0.4, -0.2) is 29.8 Å².